The van der Waals surface area contributed by atoms with Gasteiger partial charge in [-0.2, -0.15) is 5.26 Å². The van der Waals surface area contributed by atoms with Crippen LogP contribution in [-0.4, -0.2) is 24.1 Å². The molecule has 0 aromatic carbocycles. The van der Waals surface area contributed by atoms with E-state index in [1.165, 1.54) is 0 Å². The summed E-state index contributed by atoms with van der Waals surface area (Å²) in [5, 5.41) is 9.53. The predicted molar refractivity (Wildman–Crippen MR) is 68.1 cm³/mol. The zero-order chi connectivity index (χ0) is 14.7. The highest BCUT2D eigenvalue weighted by molar-refractivity contribution is 5.79. The van der Waals surface area contributed by atoms with Crippen LogP contribution in [0.2, 0.25) is 0 Å². The van der Waals surface area contributed by atoms with Gasteiger partial charge < -0.3 is 9.47 Å². The second-order valence-electron chi connectivity index (χ2n) is 6.91. The van der Waals surface area contributed by atoms with Gasteiger partial charge in [-0.05, 0) is 33.1 Å². The van der Waals surface area contributed by atoms with Crippen LogP contribution in [0.3, 0.4) is 0 Å². The number of carbonyl (C=O) groups is 2. The van der Waals surface area contributed by atoms with E-state index in [0.29, 0.717) is 19.3 Å². The second kappa shape index (κ2) is 3.97. The molecule has 3 aliphatic rings. The third-order valence-corrected chi connectivity index (χ3v) is 5.41. The lowest BCUT2D eigenvalue weighted by molar-refractivity contribution is -0.173. The number of fused-ring (bicyclic) bond motifs is 1. The number of rotatable bonds is 3. The Kier molecular flexibility index (Phi) is 2.66. The van der Waals surface area contributed by atoms with Gasteiger partial charge in [0.25, 0.3) is 0 Å². The molecule has 20 heavy (non-hydrogen) atoms. The zero-order valence-electron chi connectivity index (χ0n) is 12.0. The highest BCUT2D eigenvalue weighted by Crippen LogP contribution is 2.62. The Morgan fingerprint density at radius 3 is 2.85 bits per heavy atom. The van der Waals surface area contributed by atoms with Crippen molar-refractivity contribution in [1.29, 1.82) is 5.26 Å². The third-order valence-electron chi connectivity index (χ3n) is 5.41. The van der Waals surface area contributed by atoms with Crippen LogP contribution < -0.4 is 0 Å². The molecule has 5 unspecified atom stereocenters. The molecule has 0 aromatic heterocycles. The van der Waals surface area contributed by atoms with Crippen molar-refractivity contribution in [2.75, 3.05) is 0 Å². The average molecular weight is 277 g/mol. The largest absolute Gasteiger partial charge is 0.458 e. The van der Waals surface area contributed by atoms with Crippen molar-refractivity contribution in [2.45, 2.75) is 52.2 Å². The van der Waals surface area contributed by atoms with Crippen molar-refractivity contribution in [1.82, 2.24) is 0 Å². The molecule has 2 saturated carbocycles. The molecule has 3 rings (SSSR count). The van der Waals surface area contributed by atoms with Crippen molar-refractivity contribution < 1.29 is 19.1 Å². The van der Waals surface area contributed by atoms with Gasteiger partial charge in [-0.3, -0.25) is 9.59 Å². The van der Waals surface area contributed by atoms with Crippen LogP contribution >= 0.6 is 0 Å². The van der Waals surface area contributed by atoms with Gasteiger partial charge in [0.05, 0.1) is 22.8 Å². The van der Waals surface area contributed by atoms with E-state index in [9.17, 15) is 14.9 Å². The quantitative estimate of drug-likeness (QED) is 0.735. The van der Waals surface area contributed by atoms with Crippen LogP contribution in [-0.2, 0) is 19.1 Å². The maximum Gasteiger partial charge on any atom is 0.311 e. The van der Waals surface area contributed by atoms with E-state index < -0.39 is 23.0 Å². The molecule has 0 radical (unpaired) electrons. The number of nitrogens with zero attached hydrogens (tertiary/aromatic N) is 1. The molecule has 0 amide bonds. The van der Waals surface area contributed by atoms with Crippen molar-refractivity contribution >= 4 is 11.9 Å². The number of ether oxygens (including phenoxy) is 2. The van der Waals surface area contributed by atoms with Crippen LogP contribution in [0.15, 0.2) is 0 Å². The van der Waals surface area contributed by atoms with Crippen molar-refractivity contribution in [3.8, 4) is 6.07 Å². The van der Waals surface area contributed by atoms with E-state index in [0.717, 1.165) is 0 Å². The fraction of sp³-hybridized carbons (Fsp3) is 0.800. The van der Waals surface area contributed by atoms with Crippen LogP contribution in [0, 0.1) is 34.0 Å². The first-order valence-electron chi connectivity index (χ1n) is 7.17. The lowest BCUT2D eigenvalue weighted by Crippen LogP contribution is -2.44. The standard InChI is InChI=1S/C15H19NO4/c1-4-14(2,3)13(18)20-11-10-8-5-15(11,7-16)6-9(8)12(17)19-10/h8-11H,4-6H2,1-3H3. The molecule has 108 valence electrons. The highest BCUT2D eigenvalue weighted by Gasteiger charge is 2.71. The molecule has 1 saturated heterocycles. The number of carbonyl (C=O) groups excluding carboxylic acids is 2. The SMILES string of the molecule is CCC(C)(C)C(=O)OC1C2OC(=O)C3CC1(C#N)CC32. The highest BCUT2D eigenvalue weighted by atomic mass is 16.6. The number of esters is 2. The monoisotopic (exact) mass is 277 g/mol. The van der Waals surface area contributed by atoms with Crippen molar-refractivity contribution in [3.63, 3.8) is 0 Å². The minimum Gasteiger partial charge on any atom is -0.458 e. The molecule has 5 nitrogen and oxygen atoms in total. The first kappa shape index (κ1) is 13.4. The van der Waals surface area contributed by atoms with Gasteiger partial charge >= 0.3 is 11.9 Å². The van der Waals surface area contributed by atoms with E-state index in [1.54, 1.807) is 0 Å². The topological polar surface area (TPSA) is 76.4 Å². The summed E-state index contributed by atoms with van der Waals surface area (Å²) in [4.78, 5) is 24.0. The summed E-state index contributed by atoms with van der Waals surface area (Å²) in [5.41, 5.74) is -1.31. The molecular weight excluding hydrogens is 258 g/mol. The van der Waals surface area contributed by atoms with Gasteiger partial charge in [-0.1, -0.05) is 6.92 Å². The fourth-order valence-electron chi connectivity index (χ4n) is 3.69. The molecule has 1 aliphatic heterocycles. The molecule has 1 heterocycles. The number of hydrogen-bond acceptors (Lipinski definition) is 5. The summed E-state index contributed by atoms with van der Waals surface area (Å²) in [6.07, 6.45) is 0.716. The van der Waals surface area contributed by atoms with E-state index in [1.807, 2.05) is 20.8 Å². The maximum atomic E-state index is 12.3. The minimum atomic E-state index is -0.731. The van der Waals surface area contributed by atoms with Gasteiger partial charge in [0.2, 0.25) is 0 Å². The van der Waals surface area contributed by atoms with E-state index in [4.69, 9.17) is 9.47 Å². The van der Waals surface area contributed by atoms with Crippen molar-refractivity contribution in [3.05, 3.63) is 0 Å². The Morgan fingerprint density at radius 2 is 2.25 bits per heavy atom. The van der Waals surface area contributed by atoms with Crippen LogP contribution in [0.1, 0.15) is 40.0 Å². The van der Waals surface area contributed by atoms with Gasteiger partial charge in [0.15, 0.2) is 6.10 Å². The Balaban J connectivity index is 1.86. The Bertz CT molecular complexity index is 520. The Labute approximate surface area is 118 Å². The third kappa shape index (κ3) is 1.54. The lowest BCUT2D eigenvalue weighted by Gasteiger charge is -2.33. The van der Waals surface area contributed by atoms with Crippen LogP contribution in [0.4, 0.5) is 0 Å². The molecule has 5 heteroatoms. The Morgan fingerprint density at radius 1 is 1.55 bits per heavy atom. The summed E-state index contributed by atoms with van der Waals surface area (Å²) in [7, 11) is 0. The van der Waals surface area contributed by atoms with E-state index >= 15 is 0 Å². The van der Waals surface area contributed by atoms with Crippen molar-refractivity contribution in [2.24, 2.45) is 22.7 Å². The number of hydrogen-bond donors (Lipinski definition) is 0. The molecule has 2 bridgehead atoms. The summed E-state index contributed by atoms with van der Waals surface area (Å²) >= 11 is 0. The normalized spacial score (nSPS) is 41.4. The van der Waals surface area contributed by atoms with Gasteiger partial charge in [0.1, 0.15) is 6.10 Å². The average Bonchev–Trinajstić information content (AvgIpc) is 3.00. The summed E-state index contributed by atoms with van der Waals surface area (Å²) in [6, 6.07) is 2.31. The minimum absolute atomic E-state index is 0.0460. The van der Waals surface area contributed by atoms with E-state index in [2.05, 4.69) is 6.07 Å². The smallest absolute Gasteiger partial charge is 0.311 e. The molecular formula is C15H19NO4. The zero-order valence-corrected chi connectivity index (χ0v) is 12.0. The molecule has 0 aromatic rings. The van der Waals surface area contributed by atoms with E-state index in [-0.39, 0.29) is 23.8 Å². The summed E-state index contributed by atoms with van der Waals surface area (Å²) in [5.74, 6) is -0.671. The Hall–Kier alpha value is -1.57. The van der Waals surface area contributed by atoms with Crippen LogP contribution in [0.5, 0.6) is 0 Å². The maximum absolute atomic E-state index is 12.3. The lowest BCUT2D eigenvalue weighted by atomic mass is 9.78. The fourth-order valence-corrected chi connectivity index (χ4v) is 3.69. The van der Waals surface area contributed by atoms with Crippen LogP contribution in [0.25, 0.3) is 0 Å². The van der Waals surface area contributed by atoms with Gasteiger partial charge in [0, 0.05) is 5.92 Å². The summed E-state index contributed by atoms with van der Waals surface area (Å²) < 4.78 is 11.0. The van der Waals surface area contributed by atoms with Gasteiger partial charge in [-0.15, -0.1) is 0 Å². The molecule has 3 fully saturated rings. The molecule has 0 N–H and O–H groups in total. The summed E-state index contributed by atoms with van der Waals surface area (Å²) in [6.45, 7) is 5.57. The second-order valence-corrected chi connectivity index (χ2v) is 6.91. The molecule has 5 atom stereocenters. The molecule has 0 spiro atoms. The number of nitriles is 1. The van der Waals surface area contributed by atoms with Gasteiger partial charge in [-0.25, -0.2) is 0 Å². The first-order chi connectivity index (χ1) is 9.34. The molecule has 2 aliphatic carbocycles. The first-order valence-corrected chi connectivity index (χ1v) is 7.17. The predicted octanol–water partition coefficient (Wildman–Crippen LogP) is 1.81.